The molecule has 9 nitrogen and oxygen atoms in total. The second-order valence-electron chi connectivity index (χ2n) is 4.39. The van der Waals surface area contributed by atoms with Crippen molar-refractivity contribution in [1.82, 2.24) is 19.5 Å². The van der Waals surface area contributed by atoms with Gasteiger partial charge >= 0.3 is 0 Å². The summed E-state index contributed by atoms with van der Waals surface area (Å²) in [5.74, 6) is 0.191. The molecule has 3 rings (SSSR count). The molecular formula is C10H15N5O4S. The summed E-state index contributed by atoms with van der Waals surface area (Å²) in [6.07, 6.45) is 0.179. The number of H-pyrrole nitrogens is 1. The van der Waals surface area contributed by atoms with Crippen molar-refractivity contribution >= 4 is 29.3 Å². The molecule has 1 fully saturated rings. The molecule has 2 aromatic rings. The van der Waals surface area contributed by atoms with Gasteiger partial charge < -0.3 is 31.1 Å². The number of aromatic amines is 1. The Morgan fingerprint density at radius 1 is 1.60 bits per heavy atom. The highest BCUT2D eigenvalue weighted by Gasteiger charge is 2.35. The molecule has 10 heteroatoms. The Bertz CT molecular complexity index is 671. The van der Waals surface area contributed by atoms with Crippen molar-refractivity contribution in [2.45, 2.75) is 24.9 Å². The summed E-state index contributed by atoms with van der Waals surface area (Å²) in [4.78, 5) is 11.0. The normalized spacial score (nSPS) is 25.8. The van der Waals surface area contributed by atoms with Crippen LogP contribution in [-0.2, 0) is 4.74 Å². The molecule has 1 aliphatic heterocycles. The van der Waals surface area contributed by atoms with E-state index < -0.39 is 18.4 Å². The smallest absolute Gasteiger partial charge is 0.200 e. The molecule has 1 saturated heterocycles. The first-order valence-corrected chi connectivity index (χ1v) is 6.17. The van der Waals surface area contributed by atoms with Gasteiger partial charge in [-0.2, -0.15) is 0 Å². The molecule has 1 aliphatic rings. The van der Waals surface area contributed by atoms with Crippen LogP contribution >= 0.6 is 12.2 Å². The number of ether oxygens (including phenoxy) is 1. The van der Waals surface area contributed by atoms with Gasteiger partial charge in [0.05, 0.1) is 19.0 Å². The van der Waals surface area contributed by atoms with Crippen molar-refractivity contribution in [3.8, 4) is 0 Å². The number of nitrogens with zero attached hydrogens (tertiary/aromatic N) is 3. The highest BCUT2D eigenvalue weighted by atomic mass is 32.1. The van der Waals surface area contributed by atoms with E-state index in [0.717, 1.165) is 0 Å². The molecule has 7 N–H and O–H groups in total. The van der Waals surface area contributed by atoms with Gasteiger partial charge in [-0.25, -0.2) is 9.97 Å². The van der Waals surface area contributed by atoms with Crippen molar-refractivity contribution in [3.63, 3.8) is 0 Å². The third-order valence-corrected chi connectivity index (χ3v) is 3.44. The van der Waals surface area contributed by atoms with E-state index in [1.54, 1.807) is 10.9 Å². The summed E-state index contributed by atoms with van der Waals surface area (Å²) in [6.45, 7) is -0.232. The average Bonchev–Trinajstić information content (AvgIpc) is 2.92. The number of nitrogen functional groups attached to an aromatic ring is 1. The number of aliphatic hydroxyl groups excluding tert-OH is 2. The van der Waals surface area contributed by atoms with E-state index in [9.17, 15) is 5.11 Å². The fraction of sp³-hybridized carbons (Fsp3) is 0.500. The molecule has 3 heterocycles. The number of fused-ring (bicyclic) bond motifs is 1. The number of imidazole rings is 1. The van der Waals surface area contributed by atoms with Crippen LogP contribution in [0.1, 0.15) is 12.6 Å². The minimum atomic E-state index is -0.713. The standard InChI is InChI=1S/C10H13N5O3S.H2O/c11-10-13-8-7(9(19)14-10)12-3-15(8)6-1-4(17)5(2-16)18-6;/h3-6,16-17H,1-2H2,(H3,11,13,14,19);1H2/t4-,5+,6+;/m0./s1. The van der Waals surface area contributed by atoms with Gasteiger partial charge in [0.2, 0.25) is 0 Å². The summed E-state index contributed by atoms with van der Waals surface area (Å²) in [5, 5.41) is 18.8. The molecular weight excluding hydrogens is 286 g/mol. The largest absolute Gasteiger partial charge is 0.412 e. The average molecular weight is 301 g/mol. The summed E-state index contributed by atoms with van der Waals surface area (Å²) >= 11 is 5.08. The number of rotatable bonds is 2. The highest BCUT2D eigenvalue weighted by molar-refractivity contribution is 7.71. The Morgan fingerprint density at radius 3 is 3.00 bits per heavy atom. The third-order valence-electron chi connectivity index (χ3n) is 3.16. The van der Waals surface area contributed by atoms with E-state index in [1.807, 2.05) is 0 Å². The van der Waals surface area contributed by atoms with Gasteiger partial charge in [0.15, 0.2) is 10.6 Å². The number of hydrogen-bond donors (Lipinski definition) is 4. The SMILES string of the molecule is Nc1nc(=S)c2ncn([C@H]3C[C@H](O)[C@@H](CO)O3)c2[nH]1.O. The fourth-order valence-electron chi connectivity index (χ4n) is 2.22. The maximum absolute atomic E-state index is 9.75. The number of nitrogens with one attached hydrogen (secondary N) is 1. The van der Waals surface area contributed by atoms with Crippen LogP contribution in [-0.4, -0.2) is 54.0 Å². The number of aliphatic hydroxyl groups is 2. The van der Waals surface area contributed by atoms with Crippen LogP contribution in [0.15, 0.2) is 6.33 Å². The zero-order chi connectivity index (χ0) is 13.6. The van der Waals surface area contributed by atoms with Crippen LogP contribution in [0.4, 0.5) is 5.95 Å². The minimum absolute atomic E-state index is 0. The molecule has 20 heavy (non-hydrogen) atoms. The van der Waals surface area contributed by atoms with Gasteiger partial charge in [-0.3, -0.25) is 4.57 Å². The summed E-state index contributed by atoms with van der Waals surface area (Å²) in [7, 11) is 0. The predicted molar refractivity (Wildman–Crippen MR) is 72.4 cm³/mol. The number of anilines is 1. The van der Waals surface area contributed by atoms with Crippen molar-refractivity contribution in [1.29, 1.82) is 0 Å². The first-order valence-electron chi connectivity index (χ1n) is 5.77. The molecule has 0 aromatic carbocycles. The second-order valence-corrected chi connectivity index (χ2v) is 4.78. The van der Waals surface area contributed by atoms with E-state index in [0.29, 0.717) is 22.2 Å². The van der Waals surface area contributed by atoms with E-state index in [-0.39, 0.29) is 18.0 Å². The van der Waals surface area contributed by atoms with Gasteiger partial charge in [-0.05, 0) is 0 Å². The highest BCUT2D eigenvalue weighted by Crippen LogP contribution is 2.30. The molecule has 0 radical (unpaired) electrons. The molecule has 3 atom stereocenters. The third kappa shape index (κ3) is 2.27. The van der Waals surface area contributed by atoms with Crippen LogP contribution in [0.3, 0.4) is 0 Å². The Kier molecular flexibility index (Phi) is 4.01. The lowest BCUT2D eigenvalue weighted by atomic mass is 10.2. The topological polar surface area (TPSA) is 154 Å². The number of hydrogen-bond acceptors (Lipinski definition) is 7. The lowest BCUT2D eigenvalue weighted by Gasteiger charge is -2.13. The van der Waals surface area contributed by atoms with Gasteiger partial charge in [-0.1, -0.05) is 12.2 Å². The van der Waals surface area contributed by atoms with Crippen LogP contribution in [0.2, 0.25) is 0 Å². The van der Waals surface area contributed by atoms with Crippen molar-refractivity contribution in [2.24, 2.45) is 0 Å². The Balaban J connectivity index is 0.00000147. The van der Waals surface area contributed by atoms with Gasteiger partial charge in [0.25, 0.3) is 0 Å². The van der Waals surface area contributed by atoms with E-state index in [1.165, 1.54) is 0 Å². The van der Waals surface area contributed by atoms with Crippen molar-refractivity contribution in [3.05, 3.63) is 11.0 Å². The van der Waals surface area contributed by atoms with Gasteiger partial charge in [-0.15, -0.1) is 0 Å². The lowest BCUT2D eigenvalue weighted by molar-refractivity contribution is -0.0432. The van der Waals surface area contributed by atoms with E-state index in [2.05, 4.69) is 15.0 Å². The molecule has 110 valence electrons. The Hall–Kier alpha value is -1.59. The van der Waals surface area contributed by atoms with Crippen LogP contribution < -0.4 is 5.73 Å². The summed E-state index contributed by atoms with van der Waals surface area (Å²) in [6, 6.07) is 0. The number of aromatic nitrogens is 4. The fourth-order valence-corrected chi connectivity index (χ4v) is 2.47. The van der Waals surface area contributed by atoms with Crippen LogP contribution in [0.5, 0.6) is 0 Å². The lowest BCUT2D eigenvalue weighted by Crippen LogP contribution is -2.24. The summed E-state index contributed by atoms with van der Waals surface area (Å²) < 4.78 is 7.57. The minimum Gasteiger partial charge on any atom is -0.412 e. The van der Waals surface area contributed by atoms with Crippen LogP contribution in [0, 0.1) is 4.64 Å². The molecule has 0 bridgehead atoms. The molecule has 0 amide bonds. The monoisotopic (exact) mass is 301 g/mol. The summed E-state index contributed by atoms with van der Waals surface area (Å²) in [5.41, 5.74) is 6.74. The Morgan fingerprint density at radius 2 is 2.35 bits per heavy atom. The molecule has 0 unspecified atom stereocenters. The van der Waals surface area contributed by atoms with Crippen molar-refractivity contribution < 1.29 is 20.4 Å². The maximum atomic E-state index is 9.75. The molecule has 0 saturated carbocycles. The maximum Gasteiger partial charge on any atom is 0.200 e. The van der Waals surface area contributed by atoms with E-state index >= 15 is 0 Å². The zero-order valence-corrected chi connectivity index (χ0v) is 11.2. The van der Waals surface area contributed by atoms with E-state index in [4.69, 9.17) is 27.8 Å². The second kappa shape index (κ2) is 5.42. The quantitative estimate of drug-likeness (QED) is 0.512. The molecule has 0 aliphatic carbocycles. The van der Waals surface area contributed by atoms with Crippen molar-refractivity contribution in [2.75, 3.05) is 12.3 Å². The Labute approximate surface area is 118 Å². The van der Waals surface area contributed by atoms with Gasteiger partial charge in [0, 0.05) is 6.42 Å². The predicted octanol–water partition coefficient (Wildman–Crippen LogP) is -1.11. The zero-order valence-electron chi connectivity index (χ0n) is 10.4. The van der Waals surface area contributed by atoms with Crippen LogP contribution in [0.25, 0.3) is 11.2 Å². The van der Waals surface area contributed by atoms with Gasteiger partial charge in [0.1, 0.15) is 23.5 Å². The number of nitrogens with two attached hydrogens (primary N) is 1. The molecule has 2 aromatic heterocycles. The molecule has 0 spiro atoms. The first kappa shape index (κ1) is 14.8. The first-order chi connectivity index (χ1) is 9.10.